The third-order valence-corrected chi connectivity index (χ3v) is 4.56. The maximum Gasteiger partial charge on any atom is 0.332 e. The number of rotatable bonds is 4. The molecule has 0 amide bonds. The molecule has 0 spiro atoms. The molecule has 7 heteroatoms. The van der Waals surface area contributed by atoms with Crippen LogP contribution < -0.4 is 17.0 Å². The van der Waals surface area contributed by atoms with Gasteiger partial charge in [-0.1, -0.05) is 19.3 Å². The summed E-state index contributed by atoms with van der Waals surface area (Å²) in [5.41, 5.74) is 6.13. The van der Waals surface area contributed by atoms with E-state index in [-0.39, 0.29) is 17.3 Å². The smallest absolute Gasteiger partial charge is 0.329 e. The highest BCUT2D eigenvalue weighted by Crippen LogP contribution is 2.28. The molecule has 3 rings (SSSR count). The summed E-state index contributed by atoms with van der Waals surface area (Å²) in [5.74, 6) is 0. The van der Waals surface area contributed by atoms with Crippen LogP contribution in [-0.4, -0.2) is 25.2 Å². The normalized spacial score (nSPS) is 16.5. The second-order valence-corrected chi connectivity index (χ2v) is 5.89. The van der Waals surface area contributed by atoms with Crippen LogP contribution in [0.2, 0.25) is 0 Å². The first-order chi connectivity index (χ1) is 10.7. The number of hydrogen-bond acceptors (Lipinski definition) is 4. The summed E-state index contributed by atoms with van der Waals surface area (Å²) < 4.78 is 4.82. The maximum atomic E-state index is 12.8. The van der Waals surface area contributed by atoms with Crippen molar-refractivity contribution in [1.82, 2.24) is 18.7 Å². The Morgan fingerprint density at radius 2 is 2.00 bits per heavy atom. The minimum absolute atomic E-state index is 0.142. The average Bonchev–Trinajstić information content (AvgIpc) is 2.93. The van der Waals surface area contributed by atoms with Crippen LogP contribution in [0.5, 0.6) is 0 Å². The van der Waals surface area contributed by atoms with E-state index in [0.29, 0.717) is 30.8 Å². The van der Waals surface area contributed by atoms with Gasteiger partial charge in [0.15, 0.2) is 11.2 Å². The summed E-state index contributed by atoms with van der Waals surface area (Å²) in [6.07, 6.45) is 7.02. The molecule has 0 radical (unpaired) electrons. The summed E-state index contributed by atoms with van der Waals surface area (Å²) in [6, 6.07) is 0.142. The molecular weight excluding hydrogens is 282 g/mol. The Bertz CT molecular complexity index is 780. The zero-order valence-electron chi connectivity index (χ0n) is 13.0. The van der Waals surface area contributed by atoms with Gasteiger partial charge in [-0.05, 0) is 19.8 Å². The molecule has 1 fully saturated rings. The van der Waals surface area contributed by atoms with Crippen molar-refractivity contribution in [1.29, 1.82) is 0 Å². The molecule has 2 aromatic rings. The Morgan fingerprint density at radius 1 is 1.27 bits per heavy atom. The quantitative estimate of drug-likeness (QED) is 0.907. The summed E-state index contributed by atoms with van der Waals surface area (Å²) in [7, 11) is 0. The van der Waals surface area contributed by atoms with Gasteiger partial charge in [0.05, 0.1) is 6.33 Å². The van der Waals surface area contributed by atoms with Gasteiger partial charge in [0, 0.05) is 25.7 Å². The minimum Gasteiger partial charge on any atom is -0.329 e. The lowest BCUT2D eigenvalue weighted by Gasteiger charge is -2.24. The molecule has 0 saturated heterocycles. The standard InChI is InChI=1S/C15H23N5O2/c1-2-19-14(21)12-13(17-10-18(12)9-8-16)20(15(19)22)11-6-4-3-5-7-11/h10-11H,2-9,16H2,1H3. The van der Waals surface area contributed by atoms with E-state index in [9.17, 15) is 9.59 Å². The van der Waals surface area contributed by atoms with E-state index in [1.54, 1.807) is 15.5 Å². The monoisotopic (exact) mass is 305 g/mol. The van der Waals surface area contributed by atoms with Crippen LogP contribution >= 0.6 is 0 Å². The van der Waals surface area contributed by atoms with Gasteiger partial charge in [0.2, 0.25) is 0 Å². The van der Waals surface area contributed by atoms with Crippen LogP contribution in [0.25, 0.3) is 11.2 Å². The summed E-state index contributed by atoms with van der Waals surface area (Å²) >= 11 is 0. The van der Waals surface area contributed by atoms with E-state index >= 15 is 0 Å². The SMILES string of the molecule is CCn1c(=O)c2c(ncn2CCN)n(C2CCCCC2)c1=O. The third kappa shape index (κ3) is 2.29. The minimum atomic E-state index is -0.263. The van der Waals surface area contributed by atoms with Gasteiger partial charge in [-0.15, -0.1) is 0 Å². The van der Waals surface area contributed by atoms with Crippen molar-refractivity contribution in [3.8, 4) is 0 Å². The highest BCUT2D eigenvalue weighted by atomic mass is 16.2. The number of hydrogen-bond donors (Lipinski definition) is 1. The van der Waals surface area contributed by atoms with Gasteiger partial charge < -0.3 is 10.3 Å². The first-order valence-electron chi connectivity index (χ1n) is 8.09. The zero-order valence-corrected chi connectivity index (χ0v) is 13.0. The van der Waals surface area contributed by atoms with Crippen LogP contribution in [-0.2, 0) is 13.1 Å². The number of nitrogens with two attached hydrogens (primary N) is 1. The van der Waals surface area contributed by atoms with Crippen molar-refractivity contribution in [3.63, 3.8) is 0 Å². The Balaban J connectivity index is 2.30. The predicted octanol–water partition coefficient (Wildman–Crippen LogP) is 0.843. The molecule has 1 aliphatic carbocycles. The Labute approximate surface area is 128 Å². The lowest BCUT2D eigenvalue weighted by molar-refractivity contribution is 0.343. The molecule has 2 N–H and O–H groups in total. The van der Waals surface area contributed by atoms with Gasteiger partial charge in [0.1, 0.15) is 0 Å². The highest BCUT2D eigenvalue weighted by molar-refractivity contribution is 5.70. The molecule has 7 nitrogen and oxygen atoms in total. The van der Waals surface area contributed by atoms with Crippen molar-refractivity contribution in [2.45, 2.75) is 58.2 Å². The molecule has 22 heavy (non-hydrogen) atoms. The first-order valence-corrected chi connectivity index (χ1v) is 8.09. The molecule has 0 aromatic carbocycles. The van der Waals surface area contributed by atoms with Gasteiger partial charge in [0.25, 0.3) is 5.56 Å². The van der Waals surface area contributed by atoms with Gasteiger partial charge in [-0.3, -0.25) is 13.9 Å². The largest absolute Gasteiger partial charge is 0.332 e. The Hall–Kier alpha value is -1.89. The molecule has 2 aromatic heterocycles. The molecule has 0 unspecified atom stereocenters. The van der Waals surface area contributed by atoms with E-state index in [1.165, 1.54) is 11.0 Å². The van der Waals surface area contributed by atoms with E-state index in [2.05, 4.69) is 4.98 Å². The number of aromatic nitrogens is 4. The molecule has 1 aliphatic rings. The predicted molar refractivity (Wildman–Crippen MR) is 85.1 cm³/mol. The van der Waals surface area contributed by atoms with E-state index in [0.717, 1.165) is 25.7 Å². The molecule has 0 atom stereocenters. The van der Waals surface area contributed by atoms with E-state index in [1.807, 2.05) is 6.92 Å². The lowest BCUT2D eigenvalue weighted by Crippen LogP contribution is -2.42. The second kappa shape index (κ2) is 6.08. The fourth-order valence-corrected chi connectivity index (χ4v) is 3.46. The van der Waals surface area contributed by atoms with Crippen molar-refractivity contribution in [3.05, 3.63) is 27.2 Å². The fourth-order valence-electron chi connectivity index (χ4n) is 3.46. The highest BCUT2D eigenvalue weighted by Gasteiger charge is 2.24. The fraction of sp³-hybridized carbons (Fsp3) is 0.667. The topological polar surface area (TPSA) is 87.8 Å². The van der Waals surface area contributed by atoms with Crippen molar-refractivity contribution < 1.29 is 0 Å². The van der Waals surface area contributed by atoms with Crippen molar-refractivity contribution >= 4 is 11.2 Å². The maximum absolute atomic E-state index is 12.8. The molecule has 1 saturated carbocycles. The first kappa shape index (κ1) is 15.0. The van der Waals surface area contributed by atoms with Crippen LogP contribution in [0.15, 0.2) is 15.9 Å². The van der Waals surface area contributed by atoms with Crippen LogP contribution in [0.3, 0.4) is 0 Å². The van der Waals surface area contributed by atoms with Gasteiger partial charge in [-0.25, -0.2) is 9.78 Å². The van der Waals surface area contributed by atoms with E-state index in [4.69, 9.17) is 5.73 Å². The van der Waals surface area contributed by atoms with Crippen LogP contribution in [0.4, 0.5) is 0 Å². The molecule has 0 aliphatic heterocycles. The third-order valence-electron chi connectivity index (χ3n) is 4.56. The van der Waals surface area contributed by atoms with Crippen LogP contribution in [0.1, 0.15) is 45.1 Å². The lowest BCUT2D eigenvalue weighted by atomic mass is 9.95. The molecule has 0 bridgehead atoms. The van der Waals surface area contributed by atoms with Crippen molar-refractivity contribution in [2.75, 3.05) is 6.54 Å². The van der Waals surface area contributed by atoms with Crippen molar-refractivity contribution in [2.24, 2.45) is 5.73 Å². The molecule has 120 valence electrons. The Morgan fingerprint density at radius 3 is 2.64 bits per heavy atom. The van der Waals surface area contributed by atoms with Gasteiger partial charge >= 0.3 is 5.69 Å². The summed E-state index contributed by atoms with van der Waals surface area (Å²) in [4.78, 5) is 29.7. The number of nitrogens with zero attached hydrogens (tertiary/aromatic N) is 4. The van der Waals surface area contributed by atoms with Crippen LogP contribution in [0, 0.1) is 0 Å². The zero-order chi connectivity index (χ0) is 15.7. The average molecular weight is 305 g/mol. The summed E-state index contributed by atoms with van der Waals surface area (Å²) in [6.45, 7) is 3.15. The van der Waals surface area contributed by atoms with Gasteiger partial charge in [-0.2, -0.15) is 0 Å². The summed E-state index contributed by atoms with van der Waals surface area (Å²) in [5, 5.41) is 0. The van der Waals surface area contributed by atoms with E-state index < -0.39 is 0 Å². The molecule has 2 heterocycles. The number of fused-ring (bicyclic) bond motifs is 1. The number of imidazole rings is 1. The second-order valence-electron chi connectivity index (χ2n) is 5.89. The molecular formula is C15H23N5O2. The Kier molecular flexibility index (Phi) is 4.15.